The second kappa shape index (κ2) is 9.36. The number of aromatic amines is 1. The lowest BCUT2D eigenvalue weighted by molar-refractivity contribution is -0.179. The molecule has 1 saturated carbocycles. The number of hydrogen-bond donors (Lipinski definition) is 3. The van der Waals surface area contributed by atoms with Crippen LogP contribution in [0.3, 0.4) is 0 Å². The molecule has 37 heavy (non-hydrogen) atoms. The predicted molar refractivity (Wildman–Crippen MR) is 122 cm³/mol. The number of aromatic nitrogens is 1. The summed E-state index contributed by atoms with van der Waals surface area (Å²) in [6.45, 7) is 0.526. The average Bonchev–Trinajstić information content (AvgIpc) is 3.33. The number of piperidine rings is 3. The molecular formula is C25H25F4N5O3. The SMILES string of the molecule is N#C[C@@H](C[C@H]1CCCNC1=O)NC(=O)[C@H]1[C@@H]2CC[C@@H](CC2(F)F)N1C(=O)c1cc2c(F)ccc(F)c2[nH]1. The number of H-pyrrole nitrogens is 1. The van der Waals surface area contributed by atoms with E-state index in [4.69, 9.17) is 0 Å². The molecule has 3 aliphatic heterocycles. The Bertz CT molecular complexity index is 1270. The summed E-state index contributed by atoms with van der Waals surface area (Å²) >= 11 is 0. The molecule has 2 aromatic rings. The number of fused-ring (bicyclic) bond motifs is 4. The van der Waals surface area contributed by atoms with Gasteiger partial charge in [0.15, 0.2) is 0 Å². The number of nitrogens with zero attached hydrogens (tertiary/aromatic N) is 2. The number of hydrogen-bond acceptors (Lipinski definition) is 4. The molecular weight excluding hydrogens is 494 g/mol. The summed E-state index contributed by atoms with van der Waals surface area (Å²) in [5.41, 5.74) is -0.476. The summed E-state index contributed by atoms with van der Waals surface area (Å²) in [5, 5.41) is 14.6. The van der Waals surface area contributed by atoms with Gasteiger partial charge in [0.1, 0.15) is 29.4 Å². The van der Waals surface area contributed by atoms with Gasteiger partial charge in [0, 0.05) is 30.3 Å². The number of amides is 3. The molecule has 4 aliphatic rings. The highest BCUT2D eigenvalue weighted by molar-refractivity contribution is 6.01. The van der Waals surface area contributed by atoms with Gasteiger partial charge in [-0.1, -0.05) is 0 Å². The third-order valence-corrected chi connectivity index (χ3v) is 7.75. The first kappa shape index (κ1) is 25.0. The van der Waals surface area contributed by atoms with Gasteiger partial charge in [-0.25, -0.2) is 17.6 Å². The number of nitrogens with one attached hydrogen (secondary N) is 3. The smallest absolute Gasteiger partial charge is 0.271 e. The minimum absolute atomic E-state index is 0.00224. The minimum Gasteiger partial charge on any atom is -0.356 e. The molecule has 0 unspecified atom stereocenters. The Morgan fingerprint density at radius 3 is 2.65 bits per heavy atom. The number of rotatable bonds is 5. The predicted octanol–water partition coefficient (Wildman–Crippen LogP) is 3.00. The highest BCUT2D eigenvalue weighted by Gasteiger charge is 2.60. The van der Waals surface area contributed by atoms with E-state index in [1.165, 1.54) is 0 Å². The maximum Gasteiger partial charge on any atom is 0.271 e. The first-order valence-corrected chi connectivity index (χ1v) is 12.3. The minimum atomic E-state index is -3.22. The van der Waals surface area contributed by atoms with E-state index >= 15 is 0 Å². The van der Waals surface area contributed by atoms with Gasteiger partial charge in [-0.05, 0) is 50.3 Å². The van der Waals surface area contributed by atoms with Crippen molar-refractivity contribution in [2.24, 2.45) is 11.8 Å². The van der Waals surface area contributed by atoms with Crippen LogP contribution in [-0.2, 0) is 9.59 Å². The van der Waals surface area contributed by atoms with Crippen LogP contribution in [0.1, 0.15) is 49.0 Å². The van der Waals surface area contributed by atoms with Crippen molar-refractivity contribution in [2.45, 2.75) is 62.6 Å². The van der Waals surface area contributed by atoms with Gasteiger partial charge in [0.05, 0.1) is 17.5 Å². The van der Waals surface area contributed by atoms with Crippen LogP contribution in [0.25, 0.3) is 10.9 Å². The van der Waals surface area contributed by atoms with Crippen LogP contribution < -0.4 is 10.6 Å². The molecule has 2 bridgehead atoms. The van der Waals surface area contributed by atoms with Crippen molar-refractivity contribution in [1.82, 2.24) is 20.5 Å². The Balaban J connectivity index is 1.43. The Morgan fingerprint density at radius 1 is 1.22 bits per heavy atom. The molecule has 3 amide bonds. The van der Waals surface area contributed by atoms with Crippen LogP contribution in [0.5, 0.6) is 0 Å². The Kier molecular flexibility index (Phi) is 6.33. The number of alkyl halides is 2. The van der Waals surface area contributed by atoms with Crippen LogP contribution in [0.2, 0.25) is 0 Å². The first-order valence-electron chi connectivity index (χ1n) is 12.3. The van der Waals surface area contributed by atoms with Gasteiger partial charge < -0.3 is 20.5 Å². The third-order valence-electron chi connectivity index (χ3n) is 7.75. The number of nitriles is 1. The quantitative estimate of drug-likeness (QED) is 0.527. The molecule has 1 aromatic carbocycles. The lowest BCUT2D eigenvalue weighted by Gasteiger charge is -2.53. The second-order valence-corrected chi connectivity index (χ2v) is 10.0. The van der Waals surface area contributed by atoms with E-state index < -0.39 is 65.8 Å². The maximum atomic E-state index is 14.9. The fourth-order valence-electron chi connectivity index (χ4n) is 5.95. The Morgan fingerprint density at radius 2 is 1.97 bits per heavy atom. The molecule has 1 aromatic heterocycles. The first-order chi connectivity index (χ1) is 17.6. The van der Waals surface area contributed by atoms with Crippen molar-refractivity contribution in [3.8, 4) is 6.07 Å². The molecule has 4 fully saturated rings. The van der Waals surface area contributed by atoms with Crippen molar-refractivity contribution < 1.29 is 31.9 Å². The van der Waals surface area contributed by atoms with E-state index in [-0.39, 0.29) is 41.8 Å². The van der Waals surface area contributed by atoms with Gasteiger partial charge in [0.25, 0.3) is 11.8 Å². The van der Waals surface area contributed by atoms with E-state index in [1.807, 2.05) is 6.07 Å². The highest BCUT2D eigenvalue weighted by atomic mass is 19.3. The Hall–Kier alpha value is -3.62. The zero-order valence-corrected chi connectivity index (χ0v) is 19.7. The van der Waals surface area contributed by atoms with Crippen LogP contribution in [0.15, 0.2) is 18.2 Å². The molecule has 8 nitrogen and oxygen atoms in total. The largest absolute Gasteiger partial charge is 0.356 e. The van der Waals surface area contributed by atoms with Crippen molar-refractivity contribution in [2.75, 3.05) is 6.54 Å². The van der Waals surface area contributed by atoms with Crippen molar-refractivity contribution in [3.05, 3.63) is 35.5 Å². The lowest BCUT2D eigenvalue weighted by Crippen LogP contribution is -2.68. The standard InChI is InChI=1S/C25H25F4N5O3/c26-17-5-6-18(27)20-15(17)9-19(33-20)24(37)34-14-3-4-16(25(28,29)10-14)21(34)23(36)32-13(11-30)8-12-2-1-7-31-22(12)35/h5-6,9,12-14,16,21,33H,1-4,7-8,10H2,(H,31,35)(H,32,36)/t12-,13-,14+,16+,21-/m1/s1. The normalized spacial score (nSPS) is 27.4. The summed E-state index contributed by atoms with van der Waals surface area (Å²) in [5.74, 6) is -8.76. The summed E-state index contributed by atoms with van der Waals surface area (Å²) in [6, 6.07) is 1.14. The van der Waals surface area contributed by atoms with Gasteiger partial charge in [-0.3, -0.25) is 14.4 Å². The molecule has 196 valence electrons. The molecule has 5 atom stereocenters. The Labute approximate surface area is 209 Å². The summed E-state index contributed by atoms with van der Waals surface area (Å²) in [6.07, 6.45) is 0.861. The number of halogens is 4. The third kappa shape index (κ3) is 4.40. The number of carbonyl (C=O) groups excluding carboxylic acids is 3. The molecule has 0 radical (unpaired) electrons. The van der Waals surface area contributed by atoms with Gasteiger partial charge in [-0.2, -0.15) is 5.26 Å². The van der Waals surface area contributed by atoms with Gasteiger partial charge >= 0.3 is 0 Å². The van der Waals surface area contributed by atoms with E-state index in [1.54, 1.807) is 0 Å². The molecule has 4 heterocycles. The van der Waals surface area contributed by atoms with Crippen molar-refractivity contribution >= 4 is 28.6 Å². The maximum absolute atomic E-state index is 14.9. The van der Waals surface area contributed by atoms with E-state index in [9.17, 15) is 37.2 Å². The second-order valence-electron chi connectivity index (χ2n) is 10.0. The fourth-order valence-corrected chi connectivity index (χ4v) is 5.95. The zero-order chi connectivity index (χ0) is 26.5. The summed E-state index contributed by atoms with van der Waals surface area (Å²) < 4.78 is 58.3. The lowest BCUT2D eigenvalue weighted by atomic mass is 9.71. The van der Waals surface area contributed by atoms with Crippen LogP contribution in [-0.4, -0.2) is 58.2 Å². The molecule has 3 saturated heterocycles. The molecule has 6 rings (SSSR count). The van der Waals surface area contributed by atoms with E-state index in [0.717, 1.165) is 29.5 Å². The summed E-state index contributed by atoms with van der Waals surface area (Å²) in [4.78, 5) is 42.6. The van der Waals surface area contributed by atoms with Crippen molar-refractivity contribution in [3.63, 3.8) is 0 Å². The zero-order valence-electron chi connectivity index (χ0n) is 19.7. The molecule has 0 spiro atoms. The summed E-state index contributed by atoms with van der Waals surface area (Å²) in [7, 11) is 0. The van der Waals surface area contributed by atoms with Crippen LogP contribution in [0, 0.1) is 34.8 Å². The molecule has 1 aliphatic carbocycles. The van der Waals surface area contributed by atoms with Crippen LogP contribution >= 0.6 is 0 Å². The average molecular weight is 519 g/mol. The van der Waals surface area contributed by atoms with Crippen LogP contribution in [0.4, 0.5) is 17.6 Å². The number of carbonyl (C=O) groups is 3. The van der Waals surface area contributed by atoms with E-state index in [0.29, 0.717) is 13.0 Å². The molecule has 12 heteroatoms. The highest BCUT2D eigenvalue weighted by Crippen LogP contribution is 2.49. The monoisotopic (exact) mass is 519 g/mol. The topological polar surface area (TPSA) is 118 Å². The fraction of sp³-hybridized carbons (Fsp3) is 0.520. The van der Waals surface area contributed by atoms with Gasteiger partial charge in [0.2, 0.25) is 11.8 Å². The molecule has 3 N–H and O–H groups in total. The van der Waals surface area contributed by atoms with E-state index in [2.05, 4.69) is 15.6 Å². The van der Waals surface area contributed by atoms with Gasteiger partial charge in [-0.15, -0.1) is 0 Å². The van der Waals surface area contributed by atoms with Crippen molar-refractivity contribution in [1.29, 1.82) is 5.26 Å². The number of benzene rings is 1.